The molecule has 2 aliphatic rings. The Labute approximate surface area is 190 Å². The van der Waals surface area contributed by atoms with Crippen molar-refractivity contribution in [3.8, 4) is 0 Å². The molecule has 1 saturated carbocycles. The van der Waals surface area contributed by atoms with Gasteiger partial charge in [0, 0.05) is 25.2 Å². The lowest BCUT2D eigenvalue weighted by Crippen LogP contribution is -2.45. The average Bonchev–Trinajstić information content (AvgIpc) is 3.58. The second kappa shape index (κ2) is 9.74. The molecule has 6 heteroatoms. The summed E-state index contributed by atoms with van der Waals surface area (Å²) in [5.74, 6) is 0.772. The molecule has 2 aromatic carbocycles. The van der Waals surface area contributed by atoms with Crippen LogP contribution in [0.25, 0.3) is 0 Å². The lowest BCUT2D eigenvalue weighted by molar-refractivity contribution is -0.108. The van der Waals surface area contributed by atoms with E-state index in [2.05, 4.69) is 47.6 Å². The number of amides is 2. The highest BCUT2D eigenvalue weighted by molar-refractivity contribution is 6.02. The second-order valence-electron chi connectivity index (χ2n) is 9.23. The minimum atomic E-state index is -0.278. The van der Waals surface area contributed by atoms with E-state index in [1.54, 1.807) is 0 Å². The van der Waals surface area contributed by atoms with Gasteiger partial charge < -0.3 is 25.1 Å². The molecule has 32 heavy (non-hydrogen) atoms. The molecule has 6 nitrogen and oxygen atoms in total. The molecule has 1 aliphatic carbocycles. The number of ether oxygens (including phenoxy) is 1. The minimum absolute atomic E-state index is 0.113. The number of carbonyl (C=O) groups is 2. The molecule has 3 unspecified atom stereocenters. The number of benzene rings is 2. The topological polar surface area (TPSA) is 70.7 Å². The number of urea groups is 1. The number of rotatable bonds is 7. The number of aryl methyl sites for hydroxylation is 1. The molecule has 1 heterocycles. The predicted octanol–water partition coefficient (Wildman–Crippen LogP) is 5.34. The quantitative estimate of drug-likeness (QED) is 0.576. The van der Waals surface area contributed by atoms with Gasteiger partial charge in [0.25, 0.3) is 0 Å². The van der Waals surface area contributed by atoms with Gasteiger partial charge in [-0.1, -0.05) is 23.8 Å². The van der Waals surface area contributed by atoms with Gasteiger partial charge in [0.1, 0.15) is 6.29 Å². The molecule has 2 fully saturated rings. The van der Waals surface area contributed by atoms with Crippen molar-refractivity contribution in [3.05, 3.63) is 53.6 Å². The van der Waals surface area contributed by atoms with Crippen LogP contribution >= 0.6 is 0 Å². The van der Waals surface area contributed by atoms with Gasteiger partial charge in [-0.15, -0.1) is 0 Å². The number of anilines is 3. The average molecular weight is 436 g/mol. The van der Waals surface area contributed by atoms with Crippen LogP contribution in [0.2, 0.25) is 0 Å². The smallest absolute Gasteiger partial charge is 0.323 e. The first-order valence-electron chi connectivity index (χ1n) is 11.6. The normalized spacial score (nSPS) is 21.7. The molecule has 2 amide bonds. The maximum absolute atomic E-state index is 12.9. The molecule has 3 atom stereocenters. The Morgan fingerprint density at radius 2 is 1.78 bits per heavy atom. The largest absolute Gasteiger partial charge is 0.372 e. The molecule has 1 saturated heterocycles. The molecular formula is C26H33N3O3. The molecule has 2 N–H and O–H groups in total. The summed E-state index contributed by atoms with van der Waals surface area (Å²) < 4.78 is 5.90. The van der Waals surface area contributed by atoms with Crippen molar-refractivity contribution < 1.29 is 14.3 Å². The van der Waals surface area contributed by atoms with Crippen molar-refractivity contribution in [2.24, 2.45) is 5.92 Å². The Balaban J connectivity index is 1.61. The minimum Gasteiger partial charge on any atom is -0.372 e. The first kappa shape index (κ1) is 22.3. The van der Waals surface area contributed by atoms with Crippen molar-refractivity contribution in [3.63, 3.8) is 0 Å². The van der Waals surface area contributed by atoms with E-state index in [1.165, 1.54) is 0 Å². The van der Waals surface area contributed by atoms with Crippen LogP contribution < -0.4 is 15.5 Å². The highest BCUT2D eigenvalue weighted by atomic mass is 16.5. The Morgan fingerprint density at radius 3 is 2.41 bits per heavy atom. The van der Waals surface area contributed by atoms with Gasteiger partial charge in [-0.05, 0) is 75.3 Å². The van der Waals surface area contributed by atoms with E-state index < -0.39 is 0 Å². The Hall–Kier alpha value is -2.86. The Bertz CT molecular complexity index is 945. The van der Waals surface area contributed by atoms with Gasteiger partial charge in [-0.3, -0.25) is 0 Å². The number of carbonyl (C=O) groups excluding carboxylic acids is 2. The van der Waals surface area contributed by atoms with Crippen LogP contribution in [0.1, 0.15) is 50.2 Å². The molecule has 1 aliphatic heterocycles. The highest BCUT2D eigenvalue weighted by Crippen LogP contribution is 2.45. The number of nitrogens with zero attached hydrogens (tertiary/aromatic N) is 1. The number of aldehydes is 1. The van der Waals surface area contributed by atoms with Gasteiger partial charge in [0.2, 0.25) is 0 Å². The predicted molar refractivity (Wildman–Crippen MR) is 129 cm³/mol. The SMILES string of the molecule is Cc1ccc(NC(=O)Nc2cc(C(CC=O)C3CC3)ccc2N2CC(C)OC(C)C2)cc1. The third-order valence-corrected chi connectivity index (χ3v) is 6.31. The van der Waals surface area contributed by atoms with Gasteiger partial charge in [-0.25, -0.2) is 4.79 Å². The van der Waals surface area contributed by atoms with Crippen LogP contribution in [0, 0.1) is 12.8 Å². The van der Waals surface area contributed by atoms with E-state index in [9.17, 15) is 9.59 Å². The number of hydrogen-bond donors (Lipinski definition) is 2. The lowest BCUT2D eigenvalue weighted by atomic mass is 9.90. The summed E-state index contributed by atoms with van der Waals surface area (Å²) in [6.45, 7) is 7.68. The zero-order valence-corrected chi connectivity index (χ0v) is 19.1. The van der Waals surface area contributed by atoms with Crippen LogP contribution in [0.5, 0.6) is 0 Å². The Morgan fingerprint density at radius 1 is 1.09 bits per heavy atom. The van der Waals surface area contributed by atoms with E-state index in [1.807, 2.05) is 31.2 Å². The second-order valence-corrected chi connectivity index (χ2v) is 9.23. The zero-order valence-electron chi connectivity index (χ0n) is 19.1. The molecule has 170 valence electrons. The number of nitrogens with one attached hydrogen (secondary N) is 2. The number of hydrogen-bond acceptors (Lipinski definition) is 4. The first-order valence-corrected chi connectivity index (χ1v) is 11.6. The summed E-state index contributed by atoms with van der Waals surface area (Å²) in [5, 5.41) is 6.00. The third-order valence-electron chi connectivity index (χ3n) is 6.31. The van der Waals surface area contributed by atoms with Gasteiger partial charge in [0.15, 0.2) is 0 Å². The third kappa shape index (κ3) is 5.49. The summed E-state index contributed by atoms with van der Waals surface area (Å²) in [5.41, 5.74) is 4.75. The zero-order chi connectivity index (χ0) is 22.7. The van der Waals surface area contributed by atoms with Gasteiger partial charge in [-0.2, -0.15) is 0 Å². The summed E-state index contributed by atoms with van der Waals surface area (Å²) in [7, 11) is 0. The van der Waals surface area contributed by atoms with E-state index in [0.717, 1.165) is 60.4 Å². The van der Waals surface area contributed by atoms with Crippen LogP contribution in [-0.4, -0.2) is 37.6 Å². The molecule has 0 spiro atoms. The summed E-state index contributed by atoms with van der Waals surface area (Å²) in [4.78, 5) is 26.4. The van der Waals surface area contributed by atoms with Gasteiger partial charge in [0.05, 0.1) is 23.6 Å². The molecule has 0 bridgehead atoms. The summed E-state index contributed by atoms with van der Waals surface area (Å²) in [6.07, 6.45) is 4.08. The van der Waals surface area contributed by atoms with Gasteiger partial charge >= 0.3 is 6.03 Å². The summed E-state index contributed by atoms with van der Waals surface area (Å²) in [6, 6.07) is 13.7. The first-order chi connectivity index (χ1) is 15.4. The maximum Gasteiger partial charge on any atom is 0.323 e. The number of morpholine rings is 1. The molecule has 2 aromatic rings. The fourth-order valence-electron chi connectivity index (χ4n) is 4.66. The maximum atomic E-state index is 12.9. The standard InChI is InChI=1S/C26H33N3O3/c1-17-4-9-22(10-5-17)27-26(31)28-24-14-21(23(12-13-30)20-6-7-20)8-11-25(24)29-15-18(2)32-19(3)16-29/h4-5,8-11,13-14,18-20,23H,6-7,12,15-16H2,1-3H3,(H2,27,28,31). The van der Waals surface area contributed by atoms with Crippen LogP contribution in [0.3, 0.4) is 0 Å². The van der Waals surface area contributed by atoms with Crippen molar-refractivity contribution >= 4 is 29.4 Å². The van der Waals surface area contributed by atoms with Crippen LogP contribution in [-0.2, 0) is 9.53 Å². The van der Waals surface area contributed by atoms with Crippen LogP contribution in [0.4, 0.5) is 21.9 Å². The van der Waals surface area contributed by atoms with Crippen molar-refractivity contribution in [1.29, 1.82) is 0 Å². The molecular weight excluding hydrogens is 402 g/mol. The Kier molecular flexibility index (Phi) is 6.80. The van der Waals surface area contributed by atoms with E-state index in [-0.39, 0.29) is 24.2 Å². The van der Waals surface area contributed by atoms with Crippen molar-refractivity contribution in [1.82, 2.24) is 0 Å². The van der Waals surface area contributed by atoms with E-state index >= 15 is 0 Å². The monoisotopic (exact) mass is 435 g/mol. The fraction of sp³-hybridized carbons (Fsp3) is 0.462. The fourth-order valence-corrected chi connectivity index (χ4v) is 4.66. The molecule has 0 radical (unpaired) electrons. The van der Waals surface area contributed by atoms with Crippen molar-refractivity contribution in [2.45, 2.75) is 58.2 Å². The van der Waals surface area contributed by atoms with E-state index in [0.29, 0.717) is 12.3 Å². The van der Waals surface area contributed by atoms with Crippen LogP contribution in [0.15, 0.2) is 42.5 Å². The van der Waals surface area contributed by atoms with Crippen molar-refractivity contribution in [2.75, 3.05) is 28.6 Å². The lowest BCUT2D eigenvalue weighted by Gasteiger charge is -2.38. The van der Waals surface area contributed by atoms with E-state index in [4.69, 9.17) is 4.74 Å². The summed E-state index contributed by atoms with van der Waals surface area (Å²) >= 11 is 0. The molecule has 0 aromatic heterocycles. The highest BCUT2D eigenvalue weighted by Gasteiger charge is 2.33. The molecule has 4 rings (SSSR count).